The highest BCUT2D eigenvalue weighted by Crippen LogP contribution is 2.26. The maximum absolute atomic E-state index is 12.7. The molecule has 1 N–H and O–H groups in total. The zero-order valence-corrected chi connectivity index (χ0v) is 19.4. The predicted molar refractivity (Wildman–Crippen MR) is 128 cm³/mol. The van der Waals surface area contributed by atoms with Gasteiger partial charge in [-0.3, -0.25) is 15.0 Å². The molecule has 1 fully saturated rings. The molecule has 3 aromatic rings. The molecule has 4 rings (SSSR count). The minimum atomic E-state index is -0.422. The molecule has 1 aliphatic heterocycles. The van der Waals surface area contributed by atoms with Gasteiger partial charge in [-0.2, -0.15) is 0 Å². The first-order valence-electron chi connectivity index (χ1n) is 9.10. The van der Waals surface area contributed by atoms with E-state index >= 15 is 0 Å². The van der Waals surface area contributed by atoms with Gasteiger partial charge in [-0.05, 0) is 76.2 Å². The summed E-state index contributed by atoms with van der Waals surface area (Å²) in [5.41, 5.74) is 5.13. The van der Waals surface area contributed by atoms with Gasteiger partial charge < -0.3 is 4.74 Å². The fourth-order valence-electron chi connectivity index (χ4n) is 2.95. The van der Waals surface area contributed by atoms with Crippen molar-refractivity contribution < 1.29 is 14.3 Å². The Bertz CT molecular complexity index is 1130. The summed E-state index contributed by atoms with van der Waals surface area (Å²) in [4.78, 5) is 25.0. The molecule has 150 valence electrons. The number of hydrogen-bond acceptors (Lipinski definition) is 3. The fourth-order valence-corrected chi connectivity index (χ4v) is 3.91. The van der Waals surface area contributed by atoms with Crippen molar-refractivity contribution in [2.45, 2.75) is 6.61 Å². The average molecular weight is 575 g/mol. The van der Waals surface area contributed by atoms with Crippen molar-refractivity contribution in [3.63, 3.8) is 0 Å². The lowest BCUT2D eigenvalue weighted by molar-refractivity contribution is -0.117. The Hall–Kier alpha value is -2.65. The van der Waals surface area contributed by atoms with E-state index in [0.29, 0.717) is 12.3 Å². The molecule has 0 atom stereocenters. The van der Waals surface area contributed by atoms with E-state index in [0.717, 1.165) is 24.9 Å². The number of anilines is 1. The Morgan fingerprint density at radius 2 is 1.73 bits per heavy atom. The summed E-state index contributed by atoms with van der Waals surface area (Å²) < 4.78 is 7.82. The van der Waals surface area contributed by atoms with E-state index in [1.54, 1.807) is 18.2 Å². The first-order valence-corrected chi connectivity index (χ1v) is 11.0. The topological polar surface area (TPSA) is 58.6 Å². The number of amides is 2. The second kappa shape index (κ2) is 9.01. The highest BCUT2D eigenvalue weighted by Gasteiger charge is 2.34. The number of rotatable bonds is 5. The molecule has 1 heterocycles. The molecule has 0 spiro atoms. The number of hydrogen-bond donors (Lipinski definition) is 1. The number of carbonyl (C=O) groups excluding carboxylic acids is 2. The number of benzene rings is 3. The quantitative estimate of drug-likeness (QED) is 0.262. The molecule has 0 aromatic heterocycles. The smallest absolute Gasteiger partial charge is 0.282 e. The third-order valence-corrected chi connectivity index (χ3v) is 5.85. The van der Waals surface area contributed by atoms with Gasteiger partial charge in [-0.1, -0.05) is 52.3 Å². The van der Waals surface area contributed by atoms with Crippen LogP contribution in [0, 0.1) is 3.57 Å². The summed E-state index contributed by atoms with van der Waals surface area (Å²) in [5.74, 6) is -0.0556. The maximum Gasteiger partial charge on any atom is 0.282 e. The van der Waals surface area contributed by atoms with Crippen LogP contribution in [0.2, 0.25) is 0 Å². The summed E-state index contributed by atoms with van der Waals surface area (Å²) >= 11 is 5.61. The van der Waals surface area contributed by atoms with Crippen LogP contribution in [-0.2, 0) is 16.2 Å². The lowest BCUT2D eigenvalue weighted by Gasteiger charge is -2.13. The van der Waals surface area contributed by atoms with Crippen LogP contribution in [0.3, 0.4) is 0 Å². The van der Waals surface area contributed by atoms with Crippen LogP contribution in [0.5, 0.6) is 5.75 Å². The number of ether oxygens (including phenoxy) is 1. The van der Waals surface area contributed by atoms with Crippen LogP contribution in [0.1, 0.15) is 11.1 Å². The normalized spacial score (nSPS) is 14.9. The molecular weight excluding hydrogens is 559 g/mol. The van der Waals surface area contributed by atoms with Crippen molar-refractivity contribution in [3.05, 3.63) is 97.5 Å². The highest BCUT2D eigenvalue weighted by atomic mass is 127. The molecule has 0 aliphatic carbocycles. The summed E-state index contributed by atoms with van der Waals surface area (Å²) in [7, 11) is 0. The Balaban J connectivity index is 1.50. The first kappa shape index (κ1) is 20.6. The van der Waals surface area contributed by atoms with Crippen molar-refractivity contribution in [2.75, 3.05) is 5.01 Å². The molecule has 2 amide bonds. The van der Waals surface area contributed by atoms with Gasteiger partial charge in [0.05, 0.1) is 9.26 Å². The summed E-state index contributed by atoms with van der Waals surface area (Å²) in [5, 5.41) is 1.26. The van der Waals surface area contributed by atoms with Crippen LogP contribution in [0.15, 0.2) is 82.8 Å². The number of halogens is 2. The maximum atomic E-state index is 12.7. The van der Waals surface area contributed by atoms with E-state index in [2.05, 4.69) is 43.9 Å². The third kappa shape index (κ3) is 4.57. The van der Waals surface area contributed by atoms with E-state index in [1.165, 1.54) is 5.01 Å². The Morgan fingerprint density at radius 3 is 2.43 bits per heavy atom. The lowest BCUT2D eigenvalue weighted by Crippen LogP contribution is -2.35. The molecule has 0 bridgehead atoms. The number of hydrazine groups is 1. The van der Waals surface area contributed by atoms with E-state index in [4.69, 9.17) is 4.74 Å². The largest absolute Gasteiger partial charge is 0.488 e. The van der Waals surface area contributed by atoms with Crippen LogP contribution in [-0.4, -0.2) is 11.8 Å². The molecule has 0 radical (unpaired) electrons. The Labute approximate surface area is 196 Å². The minimum Gasteiger partial charge on any atom is -0.488 e. The zero-order valence-electron chi connectivity index (χ0n) is 15.6. The minimum absolute atomic E-state index is 0.0955. The number of nitrogens with zero attached hydrogens (tertiary/aromatic N) is 1. The molecular formula is C23H16BrIN2O3. The second-order valence-electron chi connectivity index (χ2n) is 6.58. The molecule has 7 heteroatoms. The number of nitrogens with one attached hydrogen (secondary N) is 1. The van der Waals surface area contributed by atoms with Gasteiger partial charge in [0, 0.05) is 4.47 Å². The molecule has 1 aliphatic rings. The Kier molecular flexibility index (Phi) is 6.19. The SMILES string of the molecule is O=C1NN(c2ccccc2)C(=O)/C1=C\c1ccc(OCc2ccc(Br)cc2)c(I)c1. The van der Waals surface area contributed by atoms with Crippen molar-refractivity contribution in [1.82, 2.24) is 5.43 Å². The summed E-state index contributed by atoms with van der Waals surface area (Å²) in [6.07, 6.45) is 1.60. The van der Waals surface area contributed by atoms with Crippen LogP contribution >= 0.6 is 38.5 Å². The standard InChI is InChI=1S/C23H16BrIN2O3/c24-17-9-6-15(7-10-17)14-30-21-11-8-16(13-20(21)25)12-19-22(28)26-27(23(19)29)18-4-2-1-3-5-18/h1-13H,14H2,(H,26,28)/b19-12-. The van der Waals surface area contributed by atoms with Crippen LogP contribution in [0.4, 0.5) is 5.69 Å². The summed E-state index contributed by atoms with van der Waals surface area (Å²) in [6.45, 7) is 0.455. The van der Waals surface area contributed by atoms with Crippen LogP contribution in [0.25, 0.3) is 6.08 Å². The molecule has 0 saturated carbocycles. The third-order valence-electron chi connectivity index (χ3n) is 4.48. The predicted octanol–water partition coefficient (Wildman–Crippen LogP) is 5.09. The van der Waals surface area contributed by atoms with E-state index < -0.39 is 5.91 Å². The Morgan fingerprint density at radius 1 is 1.00 bits per heavy atom. The van der Waals surface area contributed by atoms with E-state index in [9.17, 15) is 9.59 Å². The molecule has 30 heavy (non-hydrogen) atoms. The van der Waals surface area contributed by atoms with Gasteiger partial charge in [0.25, 0.3) is 11.8 Å². The molecule has 3 aromatic carbocycles. The van der Waals surface area contributed by atoms with E-state index in [1.807, 2.05) is 60.7 Å². The monoisotopic (exact) mass is 574 g/mol. The van der Waals surface area contributed by atoms with Crippen molar-refractivity contribution >= 4 is 62.1 Å². The van der Waals surface area contributed by atoms with Crippen molar-refractivity contribution in [3.8, 4) is 5.75 Å². The van der Waals surface area contributed by atoms with Gasteiger partial charge in [0.2, 0.25) is 0 Å². The van der Waals surface area contributed by atoms with Crippen molar-refractivity contribution in [2.24, 2.45) is 0 Å². The number of carbonyl (C=O) groups is 2. The highest BCUT2D eigenvalue weighted by molar-refractivity contribution is 14.1. The van der Waals surface area contributed by atoms with Gasteiger partial charge in [-0.15, -0.1) is 0 Å². The second-order valence-corrected chi connectivity index (χ2v) is 8.66. The van der Waals surface area contributed by atoms with Gasteiger partial charge in [-0.25, -0.2) is 5.01 Å². The molecule has 1 saturated heterocycles. The van der Waals surface area contributed by atoms with Crippen LogP contribution < -0.4 is 15.2 Å². The van der Waals surface area contributed by atoms with Gasteiger partial charge in [0.1, 0.15) is 17.9 Å². The first-order chi connectivity index (χ1) is 14.5. The molecule has 0 unspecified atom stereocenters. The number of para-hydroxylation sites is 1. The average Bonchev–Trinajstić information content (AvgIpc) is 3.03. The molecule has 5 nitrogen and oxygen atoms in total. The van der Waals surface area contributed by atoms with E-state index in [-0.39, 0.29) is 11.5 Å². The van der Waals surface area contributed by atoms with Gasteiger partial charge in [0.15, 0.2) is 0 Å². The van der Waals surface area contributed by atoms with Gasteiger partial charge >= 0.3 is 0 Å². The summed E-state index contributed by atoms with van der Waals surface area (Å²) in [6, 6.07) is 22.5. The fraction of sp³-hybridized carbons (Fsp3) is 0.0435. The zero-order chi connectivity index (χ0) is 21.1. The lowest BCUT2D eigenvalue weighted by atomic mass is 10.1. The van der Waals surface area contributed by atoms with Crippen molar-refractivity contribution in [1.29, 1.82) is 0 Å².